The molecule has 0 aliphatic heterocycles. The Morgan fingerprint density at radius 3 is 1.29 bits per heavy atom. The van der Waals surface area contributed by atoms with E-state index < -0.39 is 97.4 Å². The van der Waals surface area contributed by atoms with Gasteiger partial charge in [0.25, 0.3) is 0 Å². The molecule has 15 heteroatoms. The molecule has 0 saturated carbocycles. The lowest BCUT2D eigenvalue weighted by Gasteiger charge is -2.30. The minimum atomic E-state index is -1.58. The van der Waals surface area contributed by atoms with Crippen molar-refractivity contribution in [1.82, 2.24) is 26.6 Å². The van der Waals surface area contributed by atoms with Gasteiger partial charge in [-0.1, -0.05) is 40.5 Å². The predicted molar refractivity (Wildman–Crippen MR) is 133 cm³/mol. The zero-order valence-corrected chi connectivity index (χ0v) is 22.3. The summed E-state index contributed by atoms with van der Waals surface area (Å²) < 4.78 is 0. The van der Waals surface area contributed by atoms with Gasteiger partial charge in [-0.15, -0.1) is 0 Å². The second-order valence-corrected chi connectivity index (χ2v) is 9.01. The van der Waals surface area contributed by atoms with Crippen molar-refractivity contribution in [2.45, 2.75) is 77.7 Å². The first-order valence-corrected chi connectivity index (χ1v) is 12.3. The zero-order valence-electron chi connectivity index (χ0n) is 22.3. The van der Waals surface area contributed by atoms with Crippen molar-refractivity contribution in [3.63, 3.8) is 0 Å². The molecular weight excluding hydrogens is 506 g/mol. The topological polar surface area (TPSA) is 243 Å². The fourth-order valence-electron chi connectivity index (χ4n) is 3.25. The minimum absolute atomic E-state index is 0.412. The van der Waals surface area contributed by atoms with Crippen LogP contribution < -0.4 is 26.6 Å². The van der Waals surface area contributed by atoms with E-state index in [-0.39, 0.29) is 0 Å². The normalized spacial score (nSPS) is 16.4. The van der Waals surface area contributed by atoms with Gasteiger partial charge in [-0.3, -0.25) is 24.0 Å². The summed E-state index contributed by atoms with van der Waals surface area (Å²) in [5.41, 5.74) is 0. The van der Waals surface area contributed by atoms with Crippen molar-refractivity contribution in [2.24, 2.45) is 11.8 Å². The van der Waals surface area contributed by atoms with E-state index in [0.717, 1.165) is 6.92 Å². The molecule has 0 bridgehead atoms. The molecule has 0 fully saturated rings. The van der Waals surface area contributed by atoms with Gasteiger partial charge in [0.1, 0.15) is 30.2 Å². The molecule has 0 unspecified atom stereocenters. The summed E-state index contributed by atoms with van der Waals surface area (Å²) in [6.45, 7) is 5.45. The molecule has 0 aromatic rings. The van der Waals surface area contributed by atoms with Crippen molar-refractivity contribution >= 4 is 35.5 Å². The molecule has 0 heterocycles. The SMILES string of the molecule is CC[C@H](C)[C@H](NC(=O)[C@H](CO)NC(=O)[C@H](CO)NC(C)=O)C(=O)N[C@H](C(=O)N[C@@H](CO)C(=O)O)[C@@H](C)CC. The molecular formula is C23H41N5O10. The highest BCUT2D eigenvalue weighted by molar-refractivity contribution is 5.96. The number of carbonyl (C=O) groups is 6. The maximum atomic E-state index is 13.2. The number of aliphatic hydroxyl groups is 3. The number of amides is 5. The summed E-state index contributed by atoms with van der Waals surface area (Å²) in [6, 6.07) is -6.88. The van der Waals surface area contributed by atoms with Crippen LogP contribution in [0.1, 0.15) is 47.5 Å². The lowest BCUT2D eigenvalue weighted by Crippen LogP contribution is -2.61. The first-order valence-electron chi connectivity index (χ1n) is 12.3. The van der Waals surface area contributed by atoms with Crippen LogP contribution in [-0.4, -0.2) is 106 Å². The number of carbonyl (C=O) groups excluding carboxylic acids is 5. The molecule has 0 saturated heterocycles. The number of rotatable bonds is 17. The smallest absolute Gasteiger partial charge is 0.328 e. The van der Waals surface area contributed by atoms with Crippen LogP contribution >= 0.6 is 0 Å². The van der Waals surface area contributed by atoms with Gasteiger partial charge in [0.2, 0.25) is 29.5 Å². The number of carboxylic acid groups (broad SMARTS) is 1. The van der Waals surface area contributed by atoms with E-state index in [4.69, 9.17) is 5.11 Å². The molecule has 7 atom stereocenters. The Morgan fingerprint density at radius 1 is 0.579 bits per heavy atom. The summed E-state index contributed by atoms with van der Waals surface area (Å²) in [5.74, 6) is -6.46. The Morgan fingerprint density at radius 2 is 0.921 bits per heavy atom. The van der Waals surface area contributed by atoms with Crippen molar-refractivity contribution in [3.05, 3.63) is 0 Å². The van der Waals surface area contributed by atoms with Crippen LogP contribution in [0.15, 0.2) is 0 Å². The van der Waals surface area contributed by atoms with Gasteiger partial charge in [0.15, 0.2) is 0 Å². The zero-order chi connectivity index (χ0) is 29.6. The maximum Gasteiger partial charge on any atom is 0.328 e. The van der Waals surface area contributed by atoms with Crippen LogP contribution in [-0.2, 0) is 28.8 Å². The summed E-state index contributed by atoms with van der Waals surface area (Å²) in [5, 5.41) is 48.8. The van der Waals surface area contributed by atoms with Crippen LogP contribution in [0.4, 0.5) is 0 Å². The van der Waals surface area contributed by atoms with Gasteiger partial charge >= 0.3 is 5.97 Å². The first kappa shape index (κ1) is 34.7. The number of hydrogen-bond donors (Lipinski definition) is 9. The summed E-state index contributed by atoms with van der Waals surface area (Å²) >= 11 is 0. The minimum Gasteiger partial charge on any atom is -0.480 e. The van der Waals surface area contributed by atoms with Gasteiger partial charge < -0.3 is 47.0 Å². The molecule has 0 aromatic carbocycles. The molecule has 0 aliphatic carbocycles. The highest BCUT2D eigenvalue weighted by Gasteiger charge is 2.35. The second kappa shape index (κ2) is 17.3. The monoisotopic (exact) mass is 547 g/mol. The maximum absolute atomic E-state index is 13.2. The summed E-state index contributed by atoms with van der Waals surface area (Å²) in [4.78, 5) is 73.6. The van der Waals surface area contributed by atoms with Crippen LogP contribution in [0.3, 0.4) is 0 Å². The summed E-state index contributed by atoms with van der Waals surface area (Å²) in [6.07, 6.45) is 0.837. The summed E-state index contributed by atoms with van der Waals surface area (Å²) in [7, 11) is 0. The second-order valence-electron chi connectivity index (χ2n) is 9.01. The molecule has 0 aromatic heterocycles. The highest BCUT2D eigenvalue weighted by Crippen LogP contribution is 2.13. The Labute approximate surface area is 221 Å². The third-order valence-corrected chi connectivity index (χ3v) is 6.08. The number of aliphatic carboxylic acids is 1. The molecule has 5 amide bonds. The number of aliphatic hydroxyl groups excluding tert-OH is 3. The third-order valence-electron chi connectivity index (χ3n) is 6.08. The van der Waals surface area contributed by atoms with Crippen LogP contribution in [0.25, 0.3) is 0 Å². The largest absolute Gasteiger partial charge is 0.480 e. The Kier molecular flexibility index (Phi) is 15.8. The van der Waals surface area contributed by atoms with Crippen LogP contribution in [0.2, 0.25) is 0 Å². The van der Waals surface area contributed by atoms with Crippen molar-refractivity contribution in [2.75, 3.05) is 19.8 Å². The Hall–Kier alpha value is -3.30. The molecule has 0 aliphatic rings. The molecule has 38 heavy (non-hydrogen) atoms. The van der Waals surface area contributed by atoms with E-state index in [1.54, 1.807) is 27.7 Å². The molecule has 218 valence electrons. The number of carboxylic acids is 1. The Bertz CT molecular complexity index is 839. The molecule has 9 N–H and O–H groups in total. The van der Waals surface area contributed by atoms with Crippen LogP contribution in [0, 0.1) is 11.8 Å². The quantitative estimate of drug-likeness (QED) is 0.0873. The van der Waals surface area contributed by atoms with Gasteiger partial charge in [0.05, 0.1) is 19.8 Å². The van der Waals surface area contributed by atoms with Crippen LogP contribution in [0.5, 0.6) is 0 Å². The van der Waals surface area contributed by atoms with Gasteiger partial charge in [-0.25, -0.2) is 4.79 Å². The molecule has 15 nitrogen and oxygen atoms in total. The van der Waals surface area contributed by atoms with E-state index in [0.29, 0.717) is 12.8 Å². The first-order chi connectivity index (χ1) is 17.8. The van der Waals surface area contributed by atoms with E-state index in [2.05, 4.69) is 26.6 Å². The van der Waals surface area contributed by atoms with E-state index in [9.17, 15) is 44.1 Å². The average Bonchev–Trinajstić information content (AvgIpc) is 2.88. The molecule has 0 rings (SSSR count). The van der Waals surface area contributed by atoms with Crippen molar-refractivity contribution in [3.8, 4) is 0 Å². The van der Waals surface area contributed by atoms with Gasteiger partial charge in [-0.05, 0) is 11.8 Å². The van der Waals surface area contributed by atoms with E-state index >= 15 is 0 Å². The average molecular weight is 548 g/mol. The standard InChI is InChI=1S/C23H41N5O10/c1-6-11(3)17(21(35)26-16(10-31)23(37)38)28-22(36)18(12(4)7-2)27-20(34)15(9-30)25-19(33)14(8-29)24-13(5)32/h11-12,14-18,29-31H,6-10H2,1-5H3,(H,24,32)(H,25,33)(H,26,35)(H,27,34)(H,28,36)(H,37,38)/t11-,12-,14-,15-,16-,17-,18-/m0/s1. The lowest BCUT2D eigenvalue weighted by atomic mass is 9.94. The predicted octanol–water partition coefficient (Wildman–Crippen LogP) is -3.42. The third kappa shape index (κ3) is 11.0. The number of hydrogen-bond acceptors (Lipinski definition) is 9. The van der Waals surface area contributed by atoms with E-state index in [1.807, 2.05) is 0 Å². The van der Waals surface area contributed by atoms with E-state index in [1.165, 1.54) is 0 Å². The fraction of sp³-hybridized carbons (Fsp3) is 0.739. The lowest BCUT2D eigenvalue weighted by molar-refractivity contribution is -0.143. The molecule has 0 radical (unpaired) electrons. The molecule has 0 spiro atoms. The fourth-order valence-corrected chi connectivity index (χ4v) is 3.25. The van der Waals surface area contributed by atoms with Gasteiger partial charge in [-0.2, -0.15) is 0 Å². The van der Waals surface area contributed by atoms with Gasteiger partial charge in [0, 0.05) is 6.92 Å². The van der Waals surface area contributed by atoms with Crippen molar-refractivity contribution in [1.29, 1.82) is 0 Å². The Balaban J connectivity index is 5.73. The highest BCUT2D eigenvalue weighted by atomic mass is 16.4. The van der Waals surface area contributed by atoms with Crippen molar-refractivity contribution < 1.29 is 49.2 Å². The number of nitrogens with one attached hydrogen (secondary N) is 5.